The van der Waals surface area contributed by atoms with E-state index in [4.69, 9.17) is 0 Å². The Hall–Kier alpha value is -2.10. The number of piperidine rings is 1. The number of rotatable bonds is 6. The second kappa shape index (κ2) is 11.9. The van der Waals surface area contributed by atoms with E-state index in [0.717, 1.165) is 38.4 Å². The molecule has 0 bridgehead atoms. The van der Waals surface area contributed by atoms with Gasteiger partial charge in [0.15, 0.2) is 5.96 Å². The molecule has 1 saturated heterocycles. The molecule has 2 aromatic rings. The maximum absolute atomic E-state index is 12.1. The van der Waals surface area contributed by atoms with Crippen LogP contribution in [0.1, 0.15) is 24.9 Å². The van der Waals surface area contributed by atoms with E-state index < -0.39 is 0 Å². The van der Waals surface area contributed by atoms with Crippen molar-refractivity contribution in [1.29, 1.82) is 0 Å². The van der Waals surface area contributed by atoms with Gasteiger partial charge in [0.2, 0.25) is 5.91 Å². The average molecular weight is 524 g/mol. The van der Waals surface area contributed by atoms with Crippen LogP contribution in [-0.4, -0.2) is 71.5 Å². The first-order valence-corrected chi connectivity index (χ1v) is 10.3. The van der Waals surface area contributed by atoms with Crippen LogP contribution in [0.4, 0.5) is 0 Å². The van der Waals surface area contributed by atoms with Crippen LogP contribution in [-0.2, 0) is 11.2 Å². The molecule has 1 aromatic carbocycles. The summed E-state index contributed by atoms with van der Waals surface area (Å²) in [6, 6.07) is 10.8. The van der Waals surface area contributed by atoms with Gasteiger partial charge in [0.05, 0.1) is 12.4 Å². The molecular weight excluding hydrogens is 491 g/mol. The fourth-order valence-corrected chi connectivity index (χ4v) is 3.61. The minimum absolute atomic E-state index is 0. The largest absolute Gasteiger partial charge is 0.356 e. The molecule has 8 heteroatoms. The van der Waals surface area contributed by atoms with Gasteiger partial charge in [-0.15, -0.1) is 24.0 Å². The summed E-state index contributed by atoms with van der Waals surface area (Å²) in [5.41, 5.74) is 1.28. The molecule has 2 atom stereocenters. The van der Waals surface area contributed by atoms with Crippen molar-refractivity contribution in [3.05, 3.63) is 54.6 Å². The second-order valence-electron chi connectivity index (χ2n) is 7.88. The summed E-state index contributed by atoms with van der Waals surface area (Å²) < 4.78 is 2.18. The van der Waals surface area contributed by atoms with Gasteiger partial charge >= 0.3 is 0 Å². The number of halogens is 1. The van der Waals surface area contributed by atoms with Crippen LogP contribution in [0.15, 0.2) is 54.0 Å². The number of aliphatic imine (C=N–C) groups is 1. The fourth-order valence-electron chi connectivity index (χ4n) is 3.61. The van der Waals surface area contributed by atoms with Crippen LogP contribution in [0.2, 0.25) is 0 Å². The standard InChI is InChI=1S/C22H32N6O.HI/c1-18-10-13-27(16-20(18)28-14-12-23-17-28)22(25-15-21(29)26(2)3)24-11-9-19-7-5-4-6-8-19;/h4-8,12,14,17-18,20H,9-11,13,15-16H2,1-3H3,(H,24,25);1H. The number of likely N-dealkylation sites (N-methyl/N-ethyl adjacent to an activating group) is 1. The SMILES string of the molecule is CC1CCN(C(=NCC(=O)N(C)C)NCCc2ccccc2)CC1n1ccnc1.I. The zero-order valence-electron chi connectivity index (χ0n) is 18.1. The lowest BCUT2D eigenvalue weighted by Gasteiger charge is -2.39. The highest BCUT2D eigenvalue weighted by Crippen LogP contribution is 2.27. The van der Waals surface area contributed by atoms with Crippen LogP contribution >= 0.6 is 24.0 Å². The van der Waals surface area contributed by atoms with Gasteiger partial charge in [-0.05, 0) is 24.3 Å². The number of guanidine groups is 1. The number of likely N-dealkylation sites (tertiary alicyclic amines) is 1. The van der Waals surface area contributed by atoms with Gasteiger partial charge in [0.1, 0.15) is 6.54 Å². The number of carbonyl (C=O) groups is 1. The summed E-state index contributed by atoms with van der Waals surface area (Å²) in [4.78, 5) is 24.8. The van der Waals surface area contributed by atoms with Crippen molar-refractivity contribution in [3.63, 3.8) is 0 Å². The van der Waals surface area contributed by atoms with Crippen molar-refractivity contribution < 1.29 is 4.79 Å². The van der Waals surface area contributed by atoms with Crippen LogP contribution < -0.4 is 5.32 Å². The predicted molar refractivity (Wildman–Crippen MR) is 131 cm³/mol. The van der Waals surface area contributed by atoms with Gasteiger partial charge in [-0.3, -0.25) is 4.79 Å². The molecule has 2 unspecified atom stereocenters. The number of nitrogens with one attached hydrogen (secondary N) is 1. The van der Waals surface area contributed by atoms with E-state index in [1.807, 2.05) is 24.8 Å². The van der Waals surface area contributed by atoms with E-state index >= 15 is 0 Å². The number of nitrogens with zero attached hydrogens (tertiary/aromatic N) is 5. The van der Waals surface area contributed by atoms with Crippen molar-refractivity contribution in [2.75, 3.05) is 40.3 Å². The topological polar surface area (TPSA) is 65.8 Å². The van der Waals surface area contributed by atoms with E-state index in [0.29, 0.717) is 12.0 Å². The lowest BCUT2D eigenvalue weighted by atomic mass is 9.93. The van der Waals surface area contributed by atoms with Gasteiger partial charge in [-0.1, -0.05) is 37.3 Å². The molecule has 7 nitrogen and oxygen atoms in total. The normalized spacial score (nSPS) is 19.2. The smallest absolute Gasteiger partial charge is 0.243 e. The Labute approximate surface area is 196 Å². The van der Waals surface area contributed by atoms with Crippen molar-refractivity contribution >= 4 is 35.8 Å². The third-order valence-electron chi connectivity index (χ3n) is 5.53. The maximum Gasteiger partial charge on any atom is 0.243 e. The maximum atomic E-state index is 12.1. The molecule has 1 fully saturated rings. The number of benzene rings is 1. The minimum Gasteiger partial charge on any atom is -0.356 e. The quantitative estimate of drug-likeness (QED) is 0.359. The molecule has 0 spiro atoms. The van der Waals surface area contributed by atoms with Gasteiger partial charge in [0, 0.05) is 46.1 Å². The molecule has 1 aliphatic rings. The lowest BCUT2D eigenvalue weighted by molar-refractivity contribution is -0.127. The van der Waals surface area contributed by atoms with E-state index in [2.05, 4.69) is 55.9 Å². The van der Waals surface area contributed by atoms with Gasteiger partial charge in [-0.2, -0.15) is 0 Å². The molecule has 1 aliphatic heterocycles. The molecule has 1 amide bonds. The number of hydrogen-bond acceptors (Lipinski definition) is 3. The molecule has 0 radical (unpaired) electrons. The van der Waals surface area contributed by atoms with E-state index in [1.54, 1.807) is 19.0 Å². The van der Waals surface area contributed by atoms with Crippen molar-refractivity contribution in [1.82, 2.24) is 24.7 Å². The summed E-state index contributed by atoms with van der Waals surface area (Å²) in [7, 11) is 3.52. The molecule has 3 rings (SSSR count). The van der Waals surface area contributed by atoms with Crippen molar-refractivity contribution in [2.24, 2.45) is 10.9 Å². The first-order valence-electron chi connectivity index (χ1n) is 10.3. The Bertz CT molecular complexity index is 793. The lowest BCUT2D eigenvalue weighted by Crippen LogP contribution is -2.49. The van der Waals surface area contributed by atoms with Crippen LogP contribution in [0.3, 0.4) is 0 Å². The van der Waals surface area contributed by atoms with Gasteiger partial charge in [0.25, 0.3) is 0 Å². The summed E-state index contributed by atoms with van der Waals surface area (Å²) in [6.45, 7) is 5.00. The second-order valence-corrected chi connectivity index (χ2v) is 7.88. The molecule has 1 N–H and O–H groups in total. The number of imidazole rings is 1. The molecular formula is C22H33IN6O. The zero-order valence-corrected chi connectivity index (χ0v) is 20.4. The van der Waals surface area contributed by atoms with Gasteiger partial charge < -0.3 is 19.7 Å². The Morgan fingerprint density at radius 1 is 1.30 bits per heavy atom. The molecule has 0 saturated carbocycles. The summed E-state index contributed by atoms with van der Waals surface area (Å²) in [5, 5.41) is 3.49. The monoisotopic (exact) mass is 524 g/mol. The number of carbonyl (C=O) groups excluding carboxylic acids is 1. The molecule has 164 valence electrons. The predicted octanol–water partition coefficient (Wildman–Crippen LogP) is 2.66. The fraction of sp³-hybridized carbons (Fsp3) is 0.500. The zero-order chi connectivity index (χ0) is 20.6. The summed E-state index contributed by atoms with van der Waals surface area (Å²) >= 11 is 0. The Balaban J connectivity index is 0.00000320. The Kier molecular flexibility index (Phi) is 9.61. The number of hydrogen-bond donors (Lipinski definition) is 1. The summed E-state index contributed by atoms with van der Waals surface area (Å²) in [5.74, 6) is 1.38. The molecule has 2 heterocycles. The molecule has 1 aromatic heterocycles. The Morgan fingerprint density at radius 2 is 2.07 bits per heavy atom. The van der Waals surface area contributed by atoms with E-state index in [9.17, 15) is 4.79 Å². The highest BCUT2D eigenvalue weighted by Gasteiger charge is 2.29. The summed E-state index contributed by atoms with van der Waals surface area (Å²) in [6.07, 6.45) is 7.73. The van der Waals surface area contributed by atoms with E-state index in [-0.39, 0.29) is 36.4 Å². The van der Waals surface area contributed by atoms with Gasteiger partial charge in [-0.25, -0.2) is 9.98 Å². The first kappa shape index (κ1) is 24.2. The third kappa shape index (κ3) is 6.72. The first-order chi connectivity index (χ1) is 14.0. The third-order valence-corrected chi connectivity index (χ3v) is 5.53. The number of amides is 1. The van der Waals surface area contributed by atoms with Crippen LogP contribution in [0, 0.1) is 5.92 Å². The van der Waals surface area contributed by atoms with E-state index in [1.165, 1.54) is 5.56 Å². The highest BCUT2D eigenvalue weighted by atomic mass is 127. The highest BCUT2D eigenvalue weighted by molar-refractivity contribution is 14.0. The van der Waals surface area contributed by atoms with Crippen molar-refractivity contribution in [2.45, 2.75) is 25.8 Å². The minimum atomic E-state index is 0. The van der Waals surface area contributed by atoms with Crippen LogP contribution in [0.5, 0.6) is 0 Å². The Morgan fingerprint density at radius 3 is 2.73 bits per heavy atom. The van der Waals surface area contributed by atoms with Crippen LogP contribution in [0.25, 0.3) is 0 Å². The molecule has 0 aliphatic carbocycles. The number of aromatic nitrogens is 2. The van der Waals surface area contributed by atoms with Crippen molar-refractivity contribution in [3.8, 4) is 0 Å². The molecule has 30 heavy (non-hydrogen) atoms. The average Bonchev–Trinajstić information content (AvgIpc) is 3.26.